The SMILES string of the molecule is CCOCC1COCCC12CCN(Cc1c(C)noc1C)CC2.O=C(O)C(F)(F)F. The van der Waals surface area contributed by atoms with Gasteiger partial charge in [-0.2, -0.15) is 13.2 Å². The first kappa shape index (κ1) is 24.6. The van der Waals surface area contributed by atoms with Gasteiger partial charge in [0.25, 0.3) is 0 Å². The van der Waals surface area contributed by atoms with Gasteiger partial charge in [-0.05, 0) is 58.5 Å². The minimum atomic E-state index is -5.08. The highest BCUT2D eigenvalue weighted by atomic mass is 19.4. The maximum absolute atomic E-state index is 10.6. The number of aryl methyl sites for hydroxylation is 2. The molecular weight excluding hydrogens is 405 g/mol. The predicted octanol–water partition coefficient (Wildman–Crippen LogP) is 3.58. The fourth-order valence-electron chi connectivity index (χ4n) is 4.13. The van der Waals surface area contributed by atoms with E-state index in [-0.39, 0.29) is 0 Å². The number of alkyl halides is 3. The van der Waals surface area contributed by atoms with Gasteiger partial charge in [-0.15, -0.1) is 0 Å². The van der Waals surface area contributed by atoms with Crippen molar-refractivity contribution in [2.45, 2.75) is 52.8 Å². The molecule has 1 aromatic heterocycles. The van der Waals surface area contributed by atoms with Crippen LogP contribution in [0.1, 0.15) is 43.2 Å². The van der Waals surface area contributed by atoms with E-state index in [1.165, 1.54) is 24.8 Å². The lowest BCUT2D eigenvalue weighted by atomic mass is 9.66. The van der Waals surface area contributed by atoms with E-state index >= 15 is 0 Å². The van der Waals surface area contributed by atoms with E-state index < -0.39 is 12.1 Å². The average molecular weight is 436 g/mol. The maximum Gasteiger partial charge on any atom is 0.490 e. The summed E-state index contributed by atoms with van der Waals surface area (Å²) in [5.74, 6) is -1.24. The molecule has 2 aliphatic heterocycles. The van der Waals surface area contributed by atoms with Crippen LogP contribution >= 0.6 is 0 Å². The summed E-state index contributed by atoms with van der Waals surface area (Å²) in [7, 11) is 0. The Hall–Kier alpha value is -1.65. The first-order valence-corrected chi connectivity index (χ1v) is 10.2. The van der Waals surface area contributed by atoms with Crippen LogP contribution in [0.5, 0.6) is 0 Å². The van der Waals surface area contributed by atoms with Crippen molar-refractivity contribution < 1.29 is 37.1 Å². The number of piperidine rings is 1. The standard InChI is InChI=1S/C18H30N2O3.C2HF3O2/c1-4-21-12-16-13-22-10-7-18(16)5-8-20(9-6-18)11-17-14(2)19-23-15(17)3;3-2(4,5)1(6)7/h16H,4-13H2,1-3H3;(H,6,7). The molecule has 2 aliphatic rings. The highest BCUT2D eigenvalue weighted by Gasteiger charge is 2.43. The molecule has 172 valence electrons. The molecule has 1 atom stereocenters. The van der Waals surface area contributed by atoms with Crippen LogP contribution in [0.4, 0.5) is 13.2 Å². The van der Waals surface area contributed by atoms with E-state index in [2.05, 4.69) is 17.0 Å². The molecule has 1 N–H and O–H groups in total. The maximum atomic E-state index is 10.6. The van der Waals surface area contributed by atoms with Crippen LogP contribution in [0, 0.1) is 25.2 Å². The molecule has 0 aliphatic carbocycles. The van der Waals surface area contributed by atoms with E-state index in [4.69, 9.17) is 23.9 Å². The Morgan fingerprint density at radius 2 is 1.93 bits per heavy atom. The summed E-state index contributed by atoms with van der Waals surface area (Å²) >= 11 is 0. The Morgan fingerprint density at radius 1 is 1.30 bits per heavy atom. The summed E-state index contributed by atoms with van der Waals surface area (Å²) in [6.07, 6.45) is -1.40. The number of rotatable bonds is 5. The summed E-state index contributed by atoms with van der Waals surface area (Å²) in [6, 6.07) is 0. The lowest BCUT2D eigenvalue weighted by Gasteiger charge is -2.49. The second-order valence-electron chi connectivity index (χ2n) is 7.93. The van der Waals surface area contributed by atoms with Gasteiger partial charge in [-0.3, -0.25) is 4.90 Å². The Balaban J connectivity index is 0.000000396. The van der Waals surface area contributed by atoms with Crippen LogP contribution in [0.25, 0.3) is 0 Å². The Kier molecular flexibility index (Phi) is 8.69. The van der Waals surface area contributed by atoms with Crippen molar-refractivity contribution in [1.82, 2.24) is 10.1 Å². The molecule has 0 amide bonds. The van der Waals surface area contributed by atoms with Crippen molar-refractivity contribution in [3.8, 4) is 0 Å². The van der Waals surface area contributed by atoms with Crippen LogP contribution in [0.3, 0.4) is 0 Å². The van der Waals surface area contributed by atoms with E-state index in [9.17, 15) is 13.2 Å². The first-order valence-electron chi connectivity index (χ1n) is 10.2. The van der Waals surface area contributed by atoms with Crippen LogP contribution in [0.15, 0.2) is 4.52 Å². The lowest BCUT2D eigenvalue weighted by molar-refractivity contribution is -0.192. The molecule has 0 aromatic carbocycles. The zero-order valence-corrected chi connectivity index (χ0v) is 17.8. The highest BCUT2D eigenvalue weighted by Crippen LogP contribution is 2.45. The summed E-state index contributed by atoms with van der Waals surface area (Å²) in [5, 5.41) is 11.2. The molecule has 30 heavy (non-hydrogen) atoms. The van der Waals surface area contributed by atoms with Crippen LogP contribution in [-0.4, -0.2) is 66.8 Å². The van der Waals surface area contributed by atoms with E-state index in [0.29, 0.717) is 11.3 Å². The van der Waals surface area contributed by atoms with Crippen molar-refractivity contribution >= 4 is 5.97 Å². The Bertz CT molecular complexity index is 665. The van der Waals surface area contributed by atoms with Crippen molar-refractivity contribution in [2.24, 2.45) is 11.3 Å². The highest BCUT2D eigenvalue weighted by molar-refractivity contribution is 5.73. The minimum absolute atomic E-state index is 0.419. The molecule has 2 saturated heterocycles. The first-order chi connectivity index (χ1) is 14.1. The molecule has 2 fully saturated rings. The van der Waals surface area contributed by atoms with E-state index in [0.717, 1.165) is 57.5 Å². The quantitative estimate of drug-likeness (QED) is 0.755. The average Bonchev–Trinajstić information content (AvgIpc) is 3.01. The molecule has 3 heterocycles. The van der Waals surface area contributed by atoms with Crippen LogP contribution in [0.2, 0.25) is 0 Å². The largest absolute Gasteiger partial charge is 0.490 e. The van der Waals surface area contributed by atoms with E-state index in [1.54, 1.807) is 0 Å². The van der Waals surface area contributed by atoms with Gasteiger partial charge < -0.3 is 19.1 Å². The van der Waals surface area contributed by atoms with Crippen LogP contribution < -0.4 is 0 Å². The second kappa shape index (κ2) is 10.6. The normalized spacial score (nSPS) is 21.9. The molecule has 1 unspecified atom stereocenters. The third-order valence-electron chi connectivity index (χ3n) is 6.11. The monoisotopic (exact) mass is 436 g/mol. The van der Waals surface area contributed by atoms with Crippen molar-refractivity contribution in [1.29, 1.82) is 0 Å². The number of carboxylic acids is 1. The number of aliphatic carboxylic acids is 1. The molecule has 1 aromatic rings. The number of carbonyl (C=O) groups is 1. The third kappa shape index (κ3) is 6.42. The van der Waals surface area contributed by atoms with Gasteiger partial charge in [0.15, 0.2) is 0 Å². The lowest BCUT2D eigenvalue weighted by Crippen LogP contribution is -2.49. The van der Waals surface area contributed by atoms with Crippen molar-refractivity contribution in [3.63, 3.8) is 0 Å². The summed E-state index contributed by atoms with van der Waals surface area (Å²) in [4.78, 5) is 11.4. The van der Waals surface area contributed by atoms with Gasteiger partial charge in [0, 0.05) is 31.2 Å². The number of aromatic nitrogens is 1. The summed E-state index contributed by atoms with van der Waals surface area (Å²) < 4.78 is 48.5. The van der Waals surface area contributed by atoms with Gasteiger partial charge >= 0.3 is 12.1 Å². The van der Waals surface area contributed by atoms with Gasteiger partial charge in [0.2, 0.25) is 0 Å². The smallest absolute Gasteiger partial charge is 0.475 e. The van der Waals surface area contributed by atoms with Crippen molar-refractivity contribution in [3.05, 3.63) is 17.0 Å². The van der Waals surface area contributed by atoms with Crippen molar-refractivity contribution in [2.75, 3.05) is 39.5 Å². The van der Waals surface area contributed by atoms with Gasteiger partial charge in [0.05, 0.1) is 18.9 Å². The Labute approximate surface area is 174 Å². The minimum Gasteiger partial charge on any atom is -0.475 e. The summed E-state index contributed by atoms with van der Waals surface area (Å²) in [6.45, 7) is 12.8. The Morgan fingerprint density at radius 3 is 2.43 bits per heavy atom. The number of carboxylic acid groups (broad SMARTS) is 1. The number of ether oxygens (including phenoxy) is 2. The molecule has 10 heteroatoms. The van der Waals surface area contributed by atoms with Crippen LogP contribution in [-0.2, 0) is 20.8 Å². The number of hydrogen-bond acceptors (Lipinski definition) is 6. The molecule has 3 rings (SSSR count). The topological polar surface area (TPSA) is 85.0 Å². The fraction of sp³-hybridized carbons (Fsp3) is 0.800. The molecule has 7 nitrogen and oxygen atoms in total. The molecule has 0 bridgehead atoms. The second-order valence-corrected chi connectivity index (χ2v) is 7.93. The zero-order valence-electron chi connectivity index (χ0n) is 17.8. The molecule has 0 saturated carbocycles. The number of likely N-dealkylation sites (tertiary alicyclic amines) is 1. The zero-order chi connectivity index (χ0) is 22.4. The van der Waals surface area contributed by atoms with E-state index in [1.807, 2.05) is 13.8 Å². The van der Waals surface area contributed by atoms with Gasteiger partial charge in [-0.25, -0.2) is 4.79 Å². The number of hydrogen-bond donors (Lipinski definition) is 1. The predicted molar refractivity (Wildman–Crippen MR) is 102 cm³/mol. The molecule has 0 radical (unpaired) electrons. The summed E-state index contributed by atoms with van der Waals surface area (Å²) in [5.41, 5.74) is 2.71. The van der Waals surface area contributed by atoms with Gasteiger partial charge in [0.1, 0.15) is 5.76 Å². The molecule has 1 spiro atoms. The number of nitrogens with zero attached hydrogens (tertiary/aromatic N) is 2. The fourth-order valence-corrected chi connectivity index (χ4v) is 4.13. The van der Waals surface area contributed by atoms with Gasteiger partial charge in [-0.1, -0.05) is 5.16 Å². The molecular formula is C20H31F3N2O5. The number of halogens is 3. The third-order valence-corrected chi connectivity index (χ3v) is 6.11.